The summed E-state index contributed by atoms with van der Waals surface area (Å²) in [7, 11) is 0. The third-order valence-corrected chi connectivity index (χ3v) is 11.1. The van der Waals surface area contributed by atoms with Crippen LogP contribution < -0.4 is 0 Å². The maximum atomic E-state index is 6.76. The maximum absolute atomic E-state index is 6.76. The van der Waals surface area contributed by atoms with Crippen LogP contribution in [0.5, 0.6) is 0 Å². The molecule has 6 heteroatoms. The Morgan fingerprint density at radius 2 is 0.877 bits per heavy atom. The van der Waals surface area contributed by atoms with Gasteiger partial charge < -0.3 is 13.4 Å². The lowest BCUT2D eigenvalue weighted by Gasteiger charge is -2.15. The molecule has 266 valence electrons. The highest BCUT2D eigenvalue weighted by Gasteiger charge is 2.22. The Morgan fingerprint density at radius 1 is 0.333 bits per heavy atom. The summed E-state index contributed by atoms with van der Waals surface area (Å²) >= 11 is 0. The Morgan fingerprint density at radius 3 is 1.61 bits per heavy atom. The van der Waals surface area contributed by atoms with Crippen molar-refractivity contribution < 1.29 is 8.83 Å². The summed E-state index contributed by atoms with van der Waals surface area (Å²) < 4.78 is 15.3. The minimum Gasteiger partial charge on any atom is -0.456 e. The molecule has 0 amide bonds. The molecule has 57 heavy (non-hydrogen) atoms. The largest absolute Gasteiger partial charge is 0.456 e. The number of hydrogen-bond acceptors (Lipinski definition) is 5. The van der Waals surface area contributed by atoms with Crippen molar-refractivity contribution in [1.29, 1.82) is 0 Å². The van der Waals surface area contributed by atoms with Gasteiger partial charge in [0.05, 0.1) is 11.0 Å². The predicted molar refractivity (Wildman–Crippen MR) is 230 cm³/mol. The van der Waals surface area contributed by atoms with Gasteiger partial charge in [0.1, 0.15) is 22.3 Å². The Balaban J connectivity index is 1.12. The van der Waals surface area contributed by atoms with Gasteiger partial charge in [0.2, 0.25) is 0 Å². The van der Waals surface area contributed by atoms with Crippen LogP contribution in [0.15, 0.2) is 191 Å². The van der Waals surface area contributed by atoms with E-state index in [1.165, 1.54) is 10.8 Å². The van der Waals surface area contributed by atoms with Crippen LogP contribution in [0.25, 0.3) is 117 Å². The maximum Gasteiger partial charge on any atom is 0.164 e. The molecule has 0 bridgehead atoms. The van der Waals surface area contributed by atoms with Crippen molar-refractivity contribution in [2.75, 3.05) is 0 Å². The number of aromatic nitrogens is 4. The second-order valence-electron chi connectivity index (χ2n) is 14.4. The molecule has 0 aliphatic rings. The molecule has 0 unspecified atom stereocenters. The summed E-state index contributed by atoms with van der Waals surface area (Å²) in [5.41, 5.74) is 11.2. The molecule has 8 aromatic carbocycles. The third kappa shape index (κ3) is 4.94. The van der Waals surface area contributed by atoms with Gasteiger partial charge in [-0.2, -0.15) is 0 Å². The number of fused-ring (bicyclic) bond motifs is 9. The Hall–Kier alpha value is -7.83. The van der Waals surface area contributed by atoms with Gasteiger partial charge in [-0.05, 0) is 60.2 Å². The predicted octanol–water partition coefficient (Wildman–Crippen LogP) is 13.4. The molecule has 0 saturated heterocycles. The fourth-order valence-electron chi connectivity index (χ4n) is 8.46. The average molecular weight is 731 g/mol. The average Bonchev–Trinajstić information content (AvgIpc) is 3.96. The standard InChI is InChI=1S/C51H30N4O2/c1-2-14-31(15-3-1)49-52-50(32-26-27-47-40(28-32)37-19-8-12-24-45(37)56-47)54-51(53-49)39-21-5-4-16-34(39)41-29-33(30-42-38-20-9-13-25-46(38)57-48(41)42)55-43-22-10-6-17-35(43)36-18-7-11-23-44(36)55/h1-30H. The van der Waals surface area contributed by atoms with Crippen LogP contribution in [0, 0.1) is 0 Å². The van der Waals surface area contributed by atoms with Crippen LogP contribution in [0.4, 0.5) is 0 Å². The lowest BCUT2D eigenvalue weighted by Crippen LogP contribution is -2.01. The van der Waals surface area contributed by atoms with Crippen molar-refractivity contribution in [3.05, 3.63) is 182 Å². The lowest BCUT2D eigenvalue weighted by molar-refractivity contribution is 0.669. The molecule has 0 N–H and O–H groups in total. The first-order chi connectivity index (χ1) is 28.2. The first kappa shape index (κ1) is 31.5. The van der Waals surface area contributed by atoms with E-state index in [2.05, 4.69) is 108 Å². The van der Waals surface area contributed by atoms with Gasteiger partial charge >= 0.3 is 0 Å². The quantitative estimate of drug-likeness (QED) is 0.176. The normalized spacial score (nSPS) is 11.9. The van der Waals surface area contributed by atoms with E-state index in [9.17, 15) is 0 Å². The van der Waals surface area contributed by atoms with Gasteiger partial charge in [-0.1, -0.05) is 127 Å². The second-order valence-corrected chi connectivity index (χ2v) is 14.4. The van der Waals surface area contributed by atoms with Crippen LogP contribution >= 0.6 is 0 Å². The first-order valence-corrected chi connectivity index (χ1v) is 19.0. The smallest absolute Gasteiger partial charge is 0.164 e. The summed E-state index contributed by atoms with van der Waals surface area (Å²) in [5, 5.41) is 6.58. The van der Waals surface area contributed by atoms with E-state index < -0.39 is 0 Å². The summed E-state index contributed by atoms with van der Waals surface area (Å²) in [6.07, 6.45) is 0. The van der Waals surface area contributed by atoms with E-state index in [1.807, 2.05) is 78.9 Å². The zero-order valence-electron chi connectivity index (χ0n) is 30.4. The van der Waals surface area contributed by atoms with Gasteiger partial charge in [0, 0.05) is 60.3 Å². The molecular formula is C51H30N4O2. The Bertz CT molecular complexity index is 3490. The summed E-state index contributed by atoms with van der Waals surface area (Å²) in [6, 6.07) is 62.7. The number of rotatable bonds is 5. The minimum atomic E-state index is 0.568. The van der Waals surface area contributed by atoms with Crippen molar-refractivity contribution in [2.24, 2.45) is 0 Å². The van der Waals surface area contributed by atoms with E-state index in [0.29, 0.717) is 17.5 Å². The molecule has 4 heterocycles. The molecule has 0 fully saturated rings. The number of nitrogens with zero attached hydrogens (tertiary/aromatic N) is 4. The summed E-state index contributed by atoms with van der Waals surface area (Å²) in [5.74, 6) is 1.74. The van der Waals surface area contributed by atoms with Gasteiger partial charge in [-0.25, -0.2) is 15.0 Å². The zero-order chi connectivity index (χ0) is 37.5. The second kappa shape index (κ2) is 12.3. The van der Waals surface area contributed by atoms with E-state index in [4.69, 9.17) is 23.8 Å². The van der Waals surface area contributed by atoms with Crippen LogP contribution in [-0.2, 0) is 0 Å². The first-order valence-electron chi connectivity index (χ1n) is 19.0. The number of hydrogen-bond donors (Lipinski definition) is 0. The molecule has 0 radical (unpaired) electrons. The molecule has 0 aliphatic carbocycles. The van der Waals surface area contributed by atoms with E-state index in [0.717, 1.165) is 88.4 Å². The van der Waals surface area contributed by atoms with Gasteiger partial charge in [0.15, 0.2) is 17.5 Å². The Kier molecular flexibility index (Phi) is 6.83. The fourth-order valence-corrected chi connectivity index (χ4v) is 8.46. The Labute approximate surface area is 325 Å². The molecular weight excluding hydrogens is 701 g/mol. The highest BCUT2D eigenvalue weighted by atomic mass is 16.3. The van der Waals surface area contributed by atoms with Gasteiger partial charge in [-0.3, -0.25) is 0 Å². The zero-order valence-corrected chi connectivity index (χ0v) is 30.4. The molecule has 0 saturated carbocycles. The molecule has 12 rings (SSSR count). The number of para-hydroxylation sites is 4. The van der Waals surface area contributed by atoms with Crippen LogP contribution in [-0.4, -0.2) is 19.5 Å². The summed E-state index contributed by atoms with van der Waals surface area (Å²) in [4.78, 5) is 15.5. The topological polar surface area (TPSA) is 69.9 Å². The van der Waals surface area contributed by atoms with Crippen molar-refractivity contribution in [1.82, 2.24) is 19.5 Å². The van der Waals surface area contributed by atoms with Crippen molar-refractivity contribution in [3.63, 3.8) is 0 Å². The SMILES string of the molecule is c1ccc(-c2nc(-c3ccc4oc5ccccc5c4c3)nc(-c3ccccc3-c3cc(-n4c5ccccc5c5ccccc54)cc4c3oc3ccccc34)n2)cc1. The van der Waals surface area contributed by atoms with E-state index in [1.54, 1.807) is 0 Å². The number of benzene rings is 8. The lowest BCUT2D eigenvalue weighted by atomic mass is 9.96. The highest BCUT2D eigenvalue weighted by molar-refractivity contribution is 6.14. The van der Waals surface area contributed by atoms with Crippen LogP contribution in [0.3, 0.4) is 0 Å². The van der Waals surface area contributed by atoms with E-state index in [-0.39, 0.29) is 0 Å². The van der Waals surface area contributed by atoms with Crippen molar-refractivity contribution in [3.8, 4) is 51.0 Å². The molecule has 4 aromatic heterocycles. The molecule has 12 aromatic rings. The monoisotopic (exact) mass is 730 g/mol. The summed E-state index contributed by atoms with van der Waals surface area (Å²) in [6.45, 7) is 0. The molecule has 0 aliphatic heterocycles. The van der Waals surface area contributed by atoms with Crippen molar-refractivity contribution >= 4 is 65.7 Å². The van der Waals surface area contributed by atoms with E-state index >= 15 is 0 Å². The molecule has 6 nitrogen and oxygen atoms in total. The third-order valence-electron chi connectivity index (χ3n) is 11.1. The fraction of sp³-hybridized carbons (Fsp3) is 0. The van der Waals surface area contributed by atoms with Crippen molar-refractivity contribution in [2.45, 2.75) is 0 Å². The van der Waals surface area contributed by atoms with Gasteiger partial charge in [0.25, 0.3) is 0 Å². The van der Waals surface area contributed by atoms with Gasteiger partial charge in [-0.15, -0.1) is 0 Å². The molecule has 0 spiro atoms. The van der Waals surface area contributed by atoms with Crippen LogP contribution in [0.1, 0.15) is 0 Å². The molecule has 0 atom stereocenters. The highest BCUT2D eigenvalue weighted by Crippen LogP contribution is 2.43. The number of furan rings is 2. The minimum absolute atomic E-state index is 0.568. The van der Waals surface area contributed by atoms with Crippen LogP contribution in [0.2, 0.25) is 0 Å².